The van der Waals surface area contributed by atoms with Crippen molar-refractivity contribution in [2.24, 2.45) is 0 Å². The number of para-hydroxylation sites is 1. The van der Waals surface area contributed by atoms with Crippen molar-refractivity contribution >= 4 is 0 Å². The molecule has 0 fully saturated rings. The molecule has 1 heterocycles. The number of ether oxygens (including phenoxy) is 1. The minimum Gasteiger partial charge on any atom is -0.492 e. The smallest absolute Gasteiger partial charge is 0.129 e. The summed E-state index contributed by atoms with van der Waals surface area (Å²) in [6.45, 7) is 2.36. The van der Waals surface area contributed by atoms with Crippen molar-refractivity contribution in [2.45, 2.75) is 12.6 Å². The molecule has 0 amide bonds. The summed E-state index contributed by atoms with van der Waals surface area (Å²) in [5.41, 5.74) is 1.44. The quantitative estimate of drug-likeness (QED) is 0.942. The molecule has 110 valence electrons. The summed E-state index contributed by atoms with van der Waals surface area (Å²) in [6.07, 6.45) is -0.837. The fraction of sp³-hybridized carbons (Fsp3) is 0.294. The molecular weight excluding hydrogens is 269 g/mol. The van der Waals surface area contributed by atoms with E-state index in [4.69, 9.17) is 4.74 Å². The number of β-amino-alcohol motifs (C(OH)–C–C–N with tert-alkyl or cyclic N) is 1. The second-order valence-electron chi connectivity index (χ2n) is 5.23. The van der Waals surface area contributed by atoms with Crippen LogP contribution in [0.25, 0.3) is 0 Å². The van der Waals surface area contributed by atoms with Gasteiger partial charge in [-0.3, -0.25) is 4.90 Å². The average Bonchev–Trinajstić information content (AvgIpc) is 2.69. The Morgan fingerprint density at radius 2 is 1.90 bits per heavy atom. The fourth-order valence-corrected chi connectivity index (χ4v) is 2.62. The zero-order valence-corrected chi connectivity index (χ0v) is 11.7. The first-order valence-corrected chi connectivity index (χ1v) is 7.09. The lowest BCUT2D eigenvalue weighted by atomic mass is 10.1. The van der Waals surface area contributed by atoms with Crippen molar-refractivity contribution in [2.75, 3.05) is 19.7 Å². The van der Waals surface area contributed by atoms with E-state index < -0.39 is 6.10 Å². The van der Waals surface area contributed by atoms with E-state index in [1.54, 1.807) is 18.2 Å². The number of halogens is 1. The van der Waals surface area contributed by atoms with E-state index in [0.29, 0.717) is 31.8 Å². The van der Waals surface area contributed by atoms with E-state index in [1.807, 2.05) is 24.3 Å². The molecule has 0 bridgehead atoms. The number of fused-ring (bicyclic) bond motifs is 1. The molecule has 4 heteroatoms. The van der Waals surface area contributed by atoms with E-state index in [1.165, 1.54) is 6.07 Å². The van der Waals surface area contributed by atoms with Crippen LogP contribution in [0.2, 0.25) is 0 Å². The average molecular weight is 287 g/mol. The second kappa shape index (κ2) is 6.24. The van der Waals surface area contributed by atoms with Crippen molar-refractivity contribution < 1.29 is 14.2 Å². The highest BCUT2D eigenvalue weighted by molar-refractivity contribution is 5.33. The molecule has 0 aromatic heterocycles. The van der Waals surface area contributed by atoms with Gasteiger partial charge in [0.25, 0.3) is 0 Å². The topological polar surface area (TPSA) is 32.7 Å². The van der Waals surface area contributed by atoms with Crippen molar-refractivity contribution in [3.8, 4) is 5.75 Å². The van der Waals surface area contributed by atoms with Crippen LogP contribution in [0.5, 0.6) is 5.75 Å². The van der Waals surface area contributed by atoms with Crippen LogP contribution >= 0.6 is 0 Å². The van der Waals surface area contributed by atoms with Crippen LogP contribution in [-0.4, -0.2) is 29.7 Å². The largest absolute Gasteiger partial charge is 0.492 e. The molecule has 21 heavy (non-hydrogen) atoms. The number of benzene rings is 2. The molecule has 1 aliphatic rings. The lowest BCUT2D eigenvalue weighted by Gasteiger charge is -2.23. The van der Waals surface area contributed by atoms with Crippen LogP contribution in [0.4, 0.5) is 4.39 Å². The van der Waals surface area contributed by atoms with Crippen LogP contribution < -0.4 is 4.74 Å². The van der Waals surface area contributed by atoms with Gasteiger partial charge in [-0.2, -0.15) is 0 Å². The van der Waals surface area contributed by atoms with Gasteiger partial charge < -0.3 is 9.84 Å². The maximum absolute atomic E-state index is 13.7. The number of nitrogens with zero attached hydrogens (tertiary/aromatic N) is 1. The predicted molar refractivity (Wildman–Crippen MR) is 78.6 cm³/mol. The molecule has 0 radical (unpaired) electrons. The van der Waals surface area contributed by atoms with Crippen molar-refractivity contribution in [3.05, 3.63) is 65.5 Å². The fourth-order valence-electron chi connectivity index (χ4n) is 2.62. The summed E-state index contributed by atoms with van der Waals surface area (Å²) in [5, 5.41) is 10.3. The van der Waals surface area contributed by atoms with E-state index in [9.17, 15) is 9.50 Å². The zero-order chi connectivity index (χ0) is 14.7. The van der Waals surface area contributed by atoms with Gasteiger partial charge in [0.1, 0.15) is 18.2 Å². The summed E-state index contributed by atoms with van der Waals surface area (Å²) in [6, 6.07) is 14.3. The molecule has 1 N–H and O–H groups in total. The van der Waals surface area contributed by atoms with Gasteiger partial charge in [0.05, 0.1) is 6.10 Å². The third-order valence-corrected chi connectivity index (χ3v) is 3.73. The highest BCUT2D eigenvalue weighted by atomic mass is 19.1. The van der Waals surface area contributed by atoms with E-state index in [2.05, 4.69) is 4.90 Å². The summed E-state index contributed by atoms with van der Waals surface area (Å²) >= 11 is 0. The highest BCUT2D eigenvalue weighted by Gasteiger charge is 2.20. The Labute approximate surface area is 123 Å². The van der Waals surface area contributed by atoms with Gasteiger partial charge >= 0.3 is 0 Å². The molecule has 0 spiro atoms. The Balaban J connectivity index is 1.72. The van der Waals surface area contributed by atoms with Gasteiger partial charge in [0.2, 0.25) is 0 Å². The first-order chi connectivity index (χ1) is 10.2. The number of hydrogen-bond acceptors (Lipinski definition) is 3. The Morgan fingerprint density at radius 3 is 2.76 bits per heavy atom. The Bertz CT molecular complexity index is 617. The molecule has 1 atom stereocenters. The number of rotatable bonds is 3. The van der Waals surface area contributed by atoms with Crippen molar-refractivity contribution in [3.63, 3.8) is 0 Å². The zero-order valence-electron chi connectivity index (χ0n) is 11.7. The molecular formula is C17H18FNO2. The number of hydrogen-bond donors (Lipinski definition) is 1. The van der Waals surface area contributed by atoms with Gasteiger partial charge in [-0.25, -0.2) is 4.39 Å². The van der Waals surface area contributed by atoms with Gasteiger partial charge in [0.15, 0.2) is 0 Å². The summed E-state index contributed by atoms with van der Waals surface area (Å²) in [4.78, 5) is 2.09. The van der Waals surface area contributed by atoms with Crippen LogP contribution in [0.1, 0.15) is 17.2 Å². The summed E-state index contributed by atoms with van der Waals surface area (Å²) < 4.78 is 19.4. The first-order valence-electron chi connectivity index (χ1n) is 7.09. The molecule has 0 aliphatic carbocycles. The summed E-state index contributed by atoms with van der Waals surface area (Å²) in [5.74, 6) is 0.525. The lowest BCUT2D eigenvalue weighted by Crippen LogP contribution is -2.30. The van der Waals surface area contributed by atoms with Gasteiger partial charge in [-0.05, 0) is 12.1 Å². The standard InChI is InChI=1S/C17H18FNO2/c18-15-7-3-2-6-14(15)16(20)12-19-9-10-21-17-8-4-1-5-13(17)11-19/h1-8,16,20H,9-12H2/t16-/m1/s1. The van der Waals surface area contributed by atoms with Crippen LogP contribution in [-0.2, 0) is 6.54 Å². The third kappa shape index (κ3) is 3.23. The maximum Gasteiger partial charge on any atom is 0.129 e. The predicted octanol–water partition coefficient (Wildman–Crippen LogP) is 2.75. The maximum atomic E-state index is 13.7. The number of aliphatic hydroxyl groups is 1. The third-order valence-electron chi connectivity index (χ3n) is 3.73. The normalized spacial score (nSPS) is 16.7. The molecule has 0 unspecified atom stereocenters. The molecule has 3 rings (SSSR count). The first kappa shape index (κ1) is 14.0. The van der Waals surface area contributed by atoms with Crippen molar-refractivity contribution in [1.82, 2.24) is 4.90 Å². The molecule has 0 saturated carbocycles. The Hall–Kier alpha value is -1.91. The highest BCUT2D eigenvalue weighted by Crippen LogP contribution is 2.24. The molecule has 2 aromatic carbocycles. The van der Waals surface area contributed by atoms with Gasteiger partial charge in [-0.15, -0.1) is 0 Å². The monoisotopic (exact) mass is 287 g/mol. The van der Waals surface area contributed by atoms with E-state index >= 15 is 0 Å². The summed E-state index contributed by atoms with van der Waals surface area (Å²) in [7, 11) is 0. The molecule has 1 aliphatic heterocycles. The SMILES string of the molecule is O[C@H](CN1CCOc2ccccc2C1)c1ccccc1F. The van der Waals surface area contributed by atoms with Gasteiger partial charge in [0, 0.05) is 30.8 Å². The minimum atomic E-state index is -0.837. The molecule has 2 aromatic rings. The van der Waals surface area contributed by atoms with Crippen LogP contribution in [0, 0.1) is 5.82 Å². The second-order valence-corrected chi connectivity index (χ2v) is 5.23. The van der Waals surface area contributed by atoms with E-state index in [0.717, 1.165) is 11.3 Å². The molecule has 0 saturated heterocycles. The Kier molecular flexibility index (Phi) is 4.18. The number of aliphatic hydroxyl groups excluding tert-OH is 1. The Morgan fingerprint density at radius 1 is 1.14 bits per heavy atom. The van der Waals surface area contributed by atoms with Crippen LogP contribution in [0.15, 0.2) is 48.5 Å². The molecule has 3 nitrogen and oxygen atoms in total. The lowest BCUT2D eigenvalue weighted by molar-refractivity contribution is 0.102. The van der Waals surface area contributed by atoms with E-state index in [-0.39, 0.29) is 5.82 Å². The minimum absolute atomic E-state index is 0.343. The van der Waals surface area contributed by atoms with Crippen LogP contribution in [0.3, 0.4) is 0 Å². The van der Waals surface area contributed by atoms with Crippen molar-refractivity contribution in [1.29, 1.82) is 0 Å². The van der Waals surface area contributed by atoms with Gasteiger partial charge in [-0.1, -0.05) is 36.4 Å².